The van der Waals surface area contributed by atoms with Gasteiger partial charge in [-0.05, 0) is 45.9 Å². The molecule has 122 valence electrons. The molecule has 0 fully saturated rings. The Kier molecular flexibility index (Phi) is 3.96. The van der Waals surface area contributed by atoms with Crippen molar-refractivity contribution in [3.05, 3.63) is 28.7 Å². The lowest BCUT2D eigenvalue weighted by molar-refractivity contribution is 0.0550. The third kappa shape index (κ3) is 3.42. The molecular weight excluding hydrogens is 360 g/mol. The van der Waals surface area contributed by atoms with Crippen molar-refractivity contribution in [3.63, 3.8) is 0 Å². The normalized spacial score (nSPS) is 17.6. The number of pyridine rings is 1. The van der Waals surface area contributed by atoms with Crippen molar-refractivity contribution in [2.75, 3.05) is 11.4 Å². The molecule has 0 aliphatic carbocycles. The number of amides is 1. The minimum absolute atomic E-state index is 0.121. The number of halogens is 1. The van der Waals surface area contributed by atoms with Crippen LogP contribution in [0.3, 0.4) is 0 Å². The number of hydrogen-bond donors (Lipinski definition) is 0. The van der Waals surface area contributed by atoms with Crippen molar-refractivity contribution < 1.29 is 14.3 Å². The highest BCUT2D eigenvalue weighted by Gasteiger charge is 2.32. The second kappa shape index (κ2) is 5.67. The summed E-state index contributed by atoms with van der Waals surface area (Å²) < 4.78 is 12.3. The second-order valence-corrected chi connectivity index (χ2v) is 7.58. The summed E-state index contributed by atoms with van der Waals surface area (Å²) in [5.74, 6) is 1.10. The van der Waals surface area contributed by atoms with E-state index >= 15 is 0 Å². The van der Waals surface area contributed by atoms with E-state index < -0.39 is 11.7 Å². The smallest absolute Gasteiger partial charge is 0.416 e. The number of carbonyl (C=O) groups excluding carboxylic acids is 1. The molecule has 6 heteroatoms. The average Bonchev–Trinajstić information content (AvgIpc) is 2.42. The van der Waals surface area contributed by atoms with Crippen LogP contribution in [0.15, 0.2) is 28.7 Å². The molecule has 1 aliphatic heterocycles. The molecule has 2 aromatic rings. The van der Waals surface area contributed by atoms with Crippen LogP contribution in [0.4, 0.5) is 10.6 Å². The largest absolute Gasteiger partial charge is 0.485 e. The molecule has 1 atom stereocenters. The van der Waals surface area contributed by atoms with Crippen molar-refractivity contribution in [1.29, 1.82) is 0 Å². The van der Waals surface area contributed by atoms with Gasteiger partial charge in [-0.1, -0.05) is 22.0 Å². The Balaban J connectivity index is 2.06. The summed E-state index contributed by atoms with van der Waals surface area (Å²) in [6.07, 6.45) is -0.527. The molecule has 0 bridgehead atoms. The van der Waals surface area contributed by atoms with Crippen LogP contribution in [0.2, 0.25) is 0 Å². The molecule has 0 radical (unpaired) electrons. The molecule has 0 saturated carbocycles. The number of ether oxygens (including phenoxy) is 2. The van der Waals surface area contributed by atoms with Gasteiger partial charge in [0.15, 0.2) is 11.6 Å². The maximum atomic E-state index is 12.5. The molecule has 0 N–H and O–H groups in total. The van der Waals surface area contributed by atoms with Crippen molar-refractivity contribution in [2.45, 2.75) is 39.4 Å². The van der Waals surface area contributed by atoms with E-state index in [2.05, 4.69) is 20.9 Å². The van der Waals surface area contributed by atoms with Crippen LogP contribution in [0.25, 0.3) is 10.9 Å². The van der Waals surface area contributed by atoms with Gasteiger partial charge in [-0.2, -0.15) is 0 Å². The summed E-state index contributed by atoms with van der Waals surface area (Å²) in [6.45, 7) is 7.88. The molecular formula is C17H19BrN2O3. The summed E-state index contributed by atoms with van der Waals surface area (Å²) in [7, 11) is 0. The van der Waals surface area contributed by atoms with Gasteiger partial charge < -0.3 is 9.47 Å². The van der Waals surface area contributed by atoms with Crippen LogP contribution >= 0.6 is 15.9 Å². The summed E-state index contributed by atoms with van der Waals surface area (Å²) in [6, 6.07) is 7.75. The van der Waals surface area contributed by atoms with Crippen LogP contribution in [0.5, 0.6) is 5.75 Å². The number of carbonyl (C=O) groups is 1. The van der Waals surface area contributed by atoms with Crippen LogP contribution < -0.4 is 9.64 Å². The van der Waals surface area contributed by atoms with Gasteiger partial charge in [0.1, 0.15) is 11.7 Å². The van der Waals surface area contributed by atoms with E-state index in [0.29, 0.717) is 18.1 Å². The lowest BCUT2D eigenvalue weighted by Gasteiger charge is -2.33. The average molecular weight is 379 g/mol. The first-order valence-corrected chi connectivity index (χ1v) is 8.30. The molecule has 0 spiro atoms. The fourth-order valence-electron chi connectivity index (χ4n) is 2.47. The van der Waals surface area contributed by atoms with Gasteiger partial charge in [-0.15, -0.1) is 0 Å². The molecule has 5 nitrogen and oxygen atoms in total. The molecule has 1 aromatic heterocycles. The highest BCUT2D eigenvalue weighted by molar-refractivity contribution is 9.10. The molecule has 1 aromatic carbocycles. The first-order valence-electron chi connectivity index (χ1n) is 7.50. The highest BCUT2D eigenvalue weighted by Crippen LogP contribution is 2.35. The molecule has 23 heavy (non-hydrogen) atoms. The van der Waals surface area contributed by atoms with Gasteiger partial charge in [0.2, 0.25) is 0 Å². The van der Waals surface area contributed by atoms with Crippen LogP contribution in [-0.4, -0.2) is 29.3 Å². The third-order valence-electron chi connectivity index (χ3n) is 3.36. The van der Waals surface area contributed by atoms with Crippen molar-refractivity contribution >= 4 is 38.7 Å². The predicted octanol–water partition coefficient (Wildman–Crippen LogP) is 4.52. The molecule has 3 rings (SSSR count). The van der Waals surface area contributed by atoms with E-state index in [4.69, 9.17) is 9.47 Å². The van der Waals surface area contributed by atoms with Gasteiger partial charge in [-0.3, -0.25) is 4.90 Å². The Bertz CT molecular complexity index is 770. The molecule has 1 amide bonds. The van der Waals surface area contributed by atoms with Crippen molar-refractivity contribution in [1.82, 2.24) is 4.98 Å². The van der Waals surface area contributed by atoms with Crippen molar-refractivity contribution in [2.24, 2.45) is 0 Å². The monoisotopic (exact) mass is 378 g/mol. The fraction of sp³-hybridized carbons (Fsp3) is 0.412. The zero-order valence-electron chi connectivity index (χ0n) is 13.6. The van der Waals surface area contributed by atoms with Gasteiger partial charge in [-0.25, -0.2) is 9.78 Å². The summed E-state index contributed by atoms with van der Waals surface area (Å²) in [5, 5.41) is 0.963. The van der Waals surface area contributed by atoms with E-state index in [9.17, 15) is 4.79 Å². The highest BCUT2D eigenvalue weighted by atomic mass is 79.9. The van der Waals surface area contributed by atoms with Gasteiger partial charge in [0, 0.05) is 9.86 Å². The predicted molar refractivity (Wildman–Crippen MR) is 93.1 cm³/mol. The van der Waals surface area contributed by atoms with E-state index in [1.807, 2.05) is 52.0 Å². The minimum atomic E-state index is -0.557. The number of fused-ring (bicyclic) bond motifs is 2. The fourth-order valence-corrected chi connectivity index (χ4v) is 2.82. The van der Waals surface area contributed by atoms with Crippen molar-refractivity contribution in [3.8, 4) is 5.75 Å². The molecule has 0 saturated heterocycles. The Morgan fingerprint density at radius 3 is 2.83 bits per heavy atom. The maximum Gasteiger partial charge on any atom is 0.416 e. The SMILES string of the molecule is C[C@H]1CN(C(=O)OC(C)(C)C)c2nc3cc(Br)ccc3cc2O1. The lowest BCUT2D eigenvalue weighted by Crippen LogP contribution is -2.45. The zero-order chi connectivity index (χ0) is 16.8. The molecule has 0 unspecified atom stereocenters. The first-order chi connectivity index (χ1) is 10.7. The number of anilines is 1. The summed E-state index contributed by atoms with van der Waals surface area (Å²) in [5.41, 5.74) is 0.239. The Hall–Kier alpha value is -1.82. The Morgan fingerprint density at radius 1 is 1.39 bits per heavy atom. The van der Waals surface area contributed by atoms with Gasteiger partial charge in [0.25, 0.3) is 0 Å². The minimum Gasteiger partial charge on any atom is -0.485 e. The topological polar surface area (TPSA) is 51.7 Å². The Labute approximate surface area is 143 Å². The number of aromatic nitrogens is 1. The number of benzene rings is 1. The van der Waals surface area contributed by atoms with Crippen LogP contribution in [0, 0.1) is 0 Å². The van der Waals surface area contributed by atoms with E-state index in [0.717, 1.165) is 15.4 Å². The summed E-state index contributed by atoms with van der Waals surface area (Å²) >= 11 is 3.45. The quantitative estimate of drug-likeness (QED) is 0.676. The van der Waals surface area contributed by atoms with Gasteiger partial charge in [0.05, 0.1) is 12.1 Å². The second-order valence-electron chi connectivity index (χ2n) is 6.67. The van der Waals surface area contributed by atoms with E-state index in [-0.39, 0.29) is 6.10 Å². The Morgan fingerprint density at radius 2 is 2.13 bits per heavy atom. The third-order valence-corrected chi connectivity index (χ3v) is 3.86. The molecule has 2 heterocycles. The molecule has 1 aliphatic rings. The van der Waals surface area contributed by atoms with Gasteiger partial charge >= 0.3 is 6.09 Å². The van der Waals surface area contributed by atoms with Crippen LogP contribution in [-0.2, 0) is 4.74 Å². The standard InChI is InChI=1S/C17H19BrN2O3/c1-10-9-20(16(21)23-17(2,3)4)15-14(22-10)7-11-5-6-12(18)8-13(11)19-15/h5-8,10H,9H2,1-4H3/t10-/m0/s1. The summed E-state index contributed by atoms with van der Waals surface area (Å²) in [4.78, 5) is 18.7. The maximum absolute atomic E-state index is 12.5. The zero-order valence-corrected chi connectivity index (χ0v) is 15.2. The van der Waals surface area contributed by atoms with Crippen LogP contribution in [0.1, 0.15) is 27.7 Å². The lowest BCUT2D eigenvalue weighted by atomic mass is 10.2. The van der Waals surface area contributed by atoms with E-state index in [1.54, 1.807) is 4.90 Å². The van der Waals surface area contributed by atoms with E-state index in [1.165, 1.54) is 0 Å². The first kappa shape index (κ1) is 16.1. The number of nitrogens with zero attached hydrogens (tertiary/aromatic N) is 2. The number of rotatable bonds is 0. The number of hydrogen-bond acceptors (Lipinski definition) is 4.